The molecule has 0 fully saturated rings. The third kappa shape index (κ3) is 4.06. The number of aromatic nitrogens is 2. The van der Waals surface area contributed by atoms with Crippen molar-refractivity contribution in [2.24, 2.45) is 0 Å². The van der Waals surface area contributed by atoms with E-state index >= 15 is 0 Å². The molecule has 0 spiro atoms. The van der Waals surface area contributed by atoms with Crippen LogP contribution in [0.2, 0.25) is 10.0 Å². The van der Waals surface area contributed by atoms with E-state index in [1.807, 2.05) is 12.1 Å². The van der Waals surface area contributed by atoms with E-state index in [9.17, 15) is 13.7 Å². The van der Waals surface area contributed by atoms with Gasteiger partial charge in [0.25, 0.3) is 0 Å². The zero-order valence-corrected chi connectivity index (χ0v) is 18.3. The molecular weight excluding hydrogens is 457 g/mol. The molecule has 0 atom stereocenters. The second kappa shape index (κ2) is 8.16. The van der Waals surface area contributed by atoms with Gasteiger partial charge in [0.2, 0.25) is 0 Å². The summed E-state index contributed by atoms with van der Waals surface area (Å²) in [6, 6.07) is 16.6. The molecule has 1 aromatic heterocycles. The molecule has 0 amide bonds. The van der Waals surface area contributed by atoms with Gasteiger partial charge in [-0.2, -0.15) is 5.26 Å². The maximum atomic E-state index is 12.3. The Labute approximate surface area is 188 Å². The summed E-state index contributed by atoms with van der Waals surface area (Å²) >= 11 is 12.7. The Hall–Kier alpha value is -3.18. The number of para-hydroxylation sites is 1. The number of ether oxygens (including phenoxy) is 1. The number of fused-ring (bicyclic) bond motifs is 1. The summed E-state index contributed by atoms with van der Waals surface area (Å²) < 4.78 is 30.4. The first-order valence-corrected chi connectivity index (χ1v) is 11.5. The van der Waals surface area contributed by atoms with Crippen LogP contribution in [0.1, 0.15) is 5.56 Å². The van der Waals surface area contributed by atoms with Crippen molar-refractivity contribution in [3.05, 3.63) is 76.5 Å². The van der Waals surface area contributed by atoms with Crippen molar-refractivity contribution in [2.75, 3.05) is 6.26 Å². The van der Waals surface area contributed by atoms with Gasteiger partial charge in [0.05, 0.1) is 26.8 Å². The predicted molar refractivity (Wildman–Crippen MR) is 119 cm³/mol. The second-order valence-corrected chi connectivity index (χ2v) is 9.39. The molecule has 3 aromatic carbocycles. The molecule has 0 unspecified atom stereocenters. The molecule has 0 N–H and O–H groups in total. The maximum absolute atomic E-state index is 12.3. The number of sulfone groups is 1. The minimum absolute atomic E-state index is 0.00521. The topological polar surface area (TPSA) is 92.9 Å². The van der Waals surface area contributed by atoms with Crippen molar-refractivity contribution in [2.45, 2.75) is 4.90 Å². The van der Waals surface area contributed by atoms with Crippen LogP contribution in [0.3, 0.4) is 0 Å². The predicted octanol–water partition coefficient (Wildman–Crippen LogP) is 5.67. The first-order chi connectivity index (χ1) is 14.8. The smallest absolute Gasteiger partial charge is 0.180 e. The number of nitriles is 1. The van der Waals surface area contributed by atoms with Gasteiger partial charge in [-0.15, -0.1) is 0 Å². The molecule has 0 saturated heterocycles. The summed E-state index contributed by atoms with van der Waals surface area (Å²) in [5.74, 6) is 0.374. The van der Waals surface area contributed by atoms with Crippen LogP contribution in [-0.4, -0.2) is 24.6 Å². The Balaban J connectivity index is 1.86. The highest BCUT2D eigenvalue weighted by atomic mass is 35.5. The average Bonchev–Trinajstić information content (AvgIpc) is 2.74. The van der Waals surface area contributed by atoms with Crippen molar-refractivity contribution in [3.63, 3.8) is 0 Å². The zero-order valence-electron chi connectivity index (χ0n) is 16.0. The number of rotatable bonds is 4. The van der Waals surface area contributed by atoms with Crippen molar-refractivity contribution in [1.82, 2.24) is 9.97 Å². The van der Waals surface area contributed by atoms with Gasteiger partial charge in [0.15, 0.2) is 9.84 Å². The Kier molecular flexibility index (Phi) is 5.54. The fourth-order valence-electron chi connectivity index (χ4n) is 3.21. The lowest BCUT2D eigenvalue weighted by Gasteiger charge is -2.13. The number of hydrogen-bond acceptors (Lipinski definition) is 6. The fourth-order valence-corrected chi connectivity index (χ4v) is 4.63. The summed E-state index contributed by atoms with van der Waals surface area (Å²) in [4.78, 5) is 8.42. The van der Waals surface area contributed by atoms with Crippen LogP contribution in [0.15, 0.2) is 65.8 Å². The van der Waals surface area contributed by atoms with Crippen molar-refractivity contribution < 1.29 is 13.2 Å². The van der Waals surface area contributed by atoms with Crippen LogP contribution in [0.25, 0.3) is 22.2 Å². The number of nitrogens with zero attached hydrogens (tertiary/aromatic N) is 3. The largest absolute Gasteiger partial charge is 0.456 e. The van der Waals surface area contributed by atoms with E-state index < -0.39 is 9.84 Å². The Bertz CT molecular complexity index is 1480. The summed E-state index contributed by atoms with van der Waals surface area (Å²) in [7, 11) is -3.71. The molecular formula is C22H13Cl2N3O3S. The third-order valence-electron chi connectivity index (χ3n) is 4.51. The summed E-state index contributed by atoms with van der Waals surface area (Å²) in [5.41, 5.74) is 1.70. The van der Waals surface area contributed by atoms with Crippen LogP contribution < -0.4 is 4.74 Å². The van der Waals surface area contributed by atoms with E-state index in [0.717, 1.165) is 6.26 Å². The summed E-state index contributed by atoms with van der Waals surface area (Å²) in [6.07, 6.45) is 2.42. The first-order valence-electron chi connectivity index (χ1n) is 8.90. The quantitative estimate of drug-likeness (QED) is 0.382. The van der Waals surface area contributed by atoms with Crippen LogP contribution in [0.5, 0.6) is 11.5 Å². The lowest BCUT2D eigenvalue weighted by Crippen LogP contribution is -2.03. The standard InChI is InChI=1S/C22H13Cl2N3O3S/c1-31(28,29)22-13(11-25)4-2-7-19(22)30-14-8-9-17(23)16(10-14)20-15-5-3-6-18(24)21(15)27-12-26-20/h2-10,12H,1H3. The molecule has 154 valence electrons. The molecule has 0 aliphatic carbocycles. The summed E-state index contributed by atoms with van der Waals surface area (Å²) in [5, 5.41) is 10.9. The molecule has 6 nitrogen and oxygen atoms in total. The molecule has 0 saturated carbocycles. The monoisotopic (exact) mass is 469 g/mol. The molecule has 4 aromatic rings. The van der Waals surface area contributed by atoms with Gasteiger partial charge in [0, 0.05) is 17.2 Å². The van der Waals surface area contributed by atoms with Crippen molar-refractivity contribution in [1.29, 1.82) is 5.26 Å². The van der Waals surface area contributed by atoms with Crippen LogP contribution >= 0.6 is 23.2 Å². The van der Waals surface area contributed by atoms with E-state index in [-0.39, 0.29) is 16.2 Å². The number of hydrogen-bond donors (Lipinski definition) is 0. The van der Waals surface area contributed by atoms with Crippen molar-refractivity contribution in [3.8, 4) is 28.8 Å². The molecule has 0 aliphatic heterocycles. The molecule has 0 aliphatic rings. The SMILES string of the molecule is CS(=O)(=O)c1c(C#N)cccc1Oc1ccc(Cl)c(-c2ncnc3c(Cl)cccc23)c1. The maximum Gasteiger partial charge on any atom is 0.180 e. The summed E-state index contributed by atoms with van der Waals surface area (Å²) in [6.45, 7) is 0. The molecule has 0 radical (unpaired) electrons. The Morgan fingerprint density at radius 2 is 1.77 bits per heavy atom. The van der Waals surface area contributed by atoms with Gasteiger partial charge in [-0.05, 0) is 36.4 Å². The lowest BCUT2D eigenvalue weighted by molar-refractivity contribution is 0.467. The fraction of sp³-hybridized carbons (Fsp3) is 0.0455. The van der Waals surface area contributed by atoms with E-state index in [0.29, 0.717) is 38.0 Å². The number of benzene rings is 3. The molecule has 1 heterocycles. The minimum Gasteiger partial charge on any atom is -0.456 e. The van der Waals surface area contributed by atoms with E-state index in [1.165, 1.54) is 18.5 Å². The zero-order chi connectivity index (χ0) is 22.2. The Morgan fingerprint density at radius 3 is 2.52 bits per heavy atom. The average molecular weight is 470 g/mol. The third-order valence-corrected chi connectivity index (χ3v) is 6.30. The normalized spacial score (nSPS) is 11.3. The molecule has 9 heteroatoms. The van der Waals surface area contributed by atoms with E-state index in [1.54, 1.807) is 36.4 Å². The van der Waals surface area contributed by atoms with E-state index in [4.69, 9.17) is 27.9 Å². The highest BCUT2D eigenvalue weighted by molar-refractivity contribution is 7.90. The first kappa shape index (κ1) is 21.1. The van der Waals surface area contributed by atoms with Crippen LogP contribution in [0.4, 0.5) is 0 Å². The van der Waals surface area contributed by atoms with Gasteiger partial charge < -0.3 is 4.74 Å². The van der Waals surface area contributed by atoms with Crippen LogP contribution in [-0.2, 0) is 9.84 Å². The Morgan fingerprint density at radius 1 is 1.00 bits per heavy atom. The minimum atomic E-state index is -3.71. The molecule has 31 heavy (non-hydrogen) atoms. The van der Waals surface area contributed by atoms with Gasteiger partial charge in [-0.1, -0.05) is 41.4 Å². The molecule has 4 rings (SSSR count). The highest BCUT2D eigenvalue weighted by Crippen LogP contribution is 2.38. The molecule has 0 bridgehead atoms. The second-order valence-electron chi connectivity index (χ2n) is 6.62. The number of halogens is 2. The highest BCUT2D eigenvalue weighted by Gasteiger charge is 2.21. The van der Waals surface area contributed by atoms with Gasteiger partial charge in [-0.3, -0.25) is 0 Å². The van der Waals surface area contributed by atoms with E-state index in [2.05, 4.69) is 9.97 Å². The van der Waals surface area contributed by atoms with Gasteiger partial charge in [0.1, 0.15) is 28.8 Å². The van der Waals surface area contributed by atoms with Crippen molar-refractivity contribution >= 4 is 43.9 Å². The van der Waals surface area contributed by atoms with Gasteiger partial charge in [-0.25, -0.2) is 18.4 Å². The van der Waals surface area contributed by atoms with Crippen LogP contribution in [0, 0.1) is 11.3 Å². The lowest BCUT2D eigenvalue weighted by atomic mass is 10.1. The van der Waals surface area contributed by atoms with Gasteiger partial charge >= 0.3 is 0 Å².